The number of nitrogens with zero attached hydrogens (tertiary/aromatic N) is 1. The van der Waals surface area contributed by atoms with E-state index < -0.39 is 5.54 Å². The first kappa shape index (κ1) is 17.6. The van der Waals surface area contributed by atoms with Gasteiger partial charge in [0.25, 0.3) is 0 Å². The van der Waals surface area contributed by atoms with E-state index in [4.69, 9.17) is 5.73 Å². The Morgan fingerprint density at radius 2 is 2.06 bits per heavy atom. The number of rotatable bonds is 4. The van der Waals surface area contributed by atoms with Crippen LogP contribution >= 0.6 is 36.2 Å². The minimum atomic E-state index is -0.557. The number of aromatic nitrogens is 1. The molecule has 0 bridgehead atoms. The average molecular weight is 312 g/mol. The first-order valence-electron chi connectivity index (χ1n) is 5.51. The lowest BCUT2D eigenvalue weighted by Gasteiger charge is -2.09. The van der Waals surface area contributed by atoms with Crippen LogP contribution in [0.1, 0.15) is 28.4 Å². The molecule has 7 heteroatoms. The fourth-order valence-corrected chi connectivity index (χ4v) is 2.57. The number of nitrogens with one attached hydrogen (secondary N) is 1. The van der Waals surface area contributed by atoms with Crippen molar-refractivity contribution in [3.05, 3.63) is 15.6 Å². The topological polar surface area (TPSA) is 68.0 Å². The van der Waals surface area contributed by atoms with Crippen molar-refractivity contribution in [2.75, 3.05) is 6.54 Å². The highest BCUT2D eigenvalue weighted by Gasteiger charge is 2.45. The molecule has 1 heterocycles. The van der Waals surface area contributed by atoms with E-state index in [1.807, 2.05) is 13.8 Å². The van der Waals surface area contributed by atoms with Gasteiger partial charge in [-0.05, 0) is 26.7 Å². The molecule has 1 fully saturated rings. The summed E-state index contributed by atoms with van der Waals surface area (Å²) in [4.78, 5) is 17.2. The third-order valence-electron chi connectivity index (χ3n) is 2.88. The predicted octanol–water partition coefficient (Wildman–Crippen LogP) is 1.75. The lowest BCUT2D eigenvalue weighted by Crippen LogP contribution is -2.43. The van der Waals surface area contributed by atoms with Crippen molar-refractivity contribution in [3.8, 4) is 0 Å². The van der Waals surface area contributed by atoms with Gasteiger partial charge in [-0.3, -0.25) is 4.79 Å². The molecule has 1 saturated carbocycles. The van der Waals surface area contributed by atoms with Gasteiger partial charge in [0.2, 0.25) is 5.91 Å². The number of amides is 1. The molecule has 1 amide bonds. The molecule has 0 saturated heterocycles. The maximum atomic E-state index is 11.6. The van der Waals surface area contributed by atoms with Gasteiger partial charge in [0, 0.05) is 17.8 Å². The van der Waals surface area contributed by atoms with Crippen LogP contribution < -0.4 is 11.1 Å². The SMILES string of the molecule is Cc1nc(C)c(CCNC(=O)C2(N)CC2)s1.Cl.Cl. The third-order valence-corrected chi connectivity index (χ3v) is 4.01. The predicted molar refractivity (Wildman–Crippen MR) is 79.0 cm³/mol. The molecule has 2 rings (SSSR count). The van der Waals surface area contributed by atoms with E-state index in [0.717, 1.165) is 30.0 Å². The zero-order valence-electron chi connectivity index (χ0n) is 10.5. The van der Waals surface area contributed by atoms with Crippen LogP contribution in [0.15, 0.2) is 0 Å². The maximum absolute atomic E-state index is 11.6. The second kappa shape index (κ2) is 6.70. The minimum absolute atomic E-state index is 0. The summed E-state index contributed by atoms with van der Waals surface area (Å²) in [5.74, 6) is -0.00797. The zero-order chi connectivity index (χ0) is 11.8. The standard InChI is InChI=1S/C11H17N3OS.2ClH/c1-7-9(16-8(2)14-7)3-6-13-10(15)11(12)4-5-11;;/h3-6,12H2,1-2H3,(H,13,15);2*1H. The van der Waals surface area contributed by atoms with Gasteiger partial charge >= 0.3 is 0 Å². The number of hydrogen-bond donors (Lipinski definition) is 2. The summed E-state index contributed by atoms with van der Waals surface area (Å²) in [5.41, 5.74) is 6.30. The lowest BCUT2D eigenvalue weighted by molar-refractivity contribution is -0.123. The van der Waals surface area contributed by atoms with Crippen molar-refractivity contribution in [1.29, 1.82) is 0 Å². The Morgan fingerprint density at radius 3 is 2.50 bits per heavy atom. The van der Waals surface area contributed by atoms with E-state index in [0.29, 0.717) is 6.54 Å². The van der Waals surface area contributed by atoms with E-state index in [9.17, 15) is 4.79 Å². The van der Waals surface area contributed by atoms with Gasteiger partial charge in [0.1, 0.15) is 0 Å². The van der Waals surface area contributed by atoms with E-state index in [1.165, 1.54) is 4.88 Å². The molecule has 0 atom stereocenters. The van der Waals surface area contributed by atoms with E-state index in [2.05, 4.69) is 10.3 Å². The lowest BCUT2D eigenvalue weighted by atomic mass is 10.2. The fraction of sp³-hybridized carbons (Fsp3) is 0.636. The van der Waals surface area contributed by atoms with E-state index in [-0.39, 0.29) is 30.7 Å². The summed E-state index contributed by atoms with van der Waals surface area (Å²) in [6, 6.07) is 0. The number of thiazole rings is 1. The van der Waals surface area contributed by atoms with Crippen LogP contribution in [0, 0.1) is 13.8 Å². The number of nitrogens with two attached hydrogens (primary N) is 1. The van der Waals surface area contributed by atoms with Gasteiger partial charge in [0.05, 0.1) is 16.2 Å². The number of aryl methyl sites for hydroxylation is 2. The van der Waals surface area contributed by atoms with Crippen LogP contribution in [0.2, 0.25) is 0 Å². The van der Waals surface area contributed by atoms with Crippen LogP contribution in [0.25, 0.3) is 0 Å². The van der Waals surface area contributed by atoms with Gasteiger partial charge in [-0.15, -0.1) is 36.2 Å². The van der Waals surface area contributed by atoms with Crippen molar-refractivity contribution in [2.24, 2.45) is 5.73 Å². The molecule has 4 nitrogen and oxygen atoms in total. The highest BCUT2D eigenvalue weighted by atomic mass is 35.5. The zero-order valence-corrected chi connectivity index (χ0v) is 12.9. The molecule has 1 aliphatic carbocycles. The van der Waals surface area contributed by atoms with Gasteiger partial charge in [-0.1, -0.05) is 0 Å². The molecule has 104 valence electrons. The molecule has 0 unspecified atom stereocenters. The Kier molecular flexibility index (Phi) is 6.57. The third kappa shape index (κ3) is 4.09. The van der Waals surface area contributed by atoms with E-state index in [1.54, 1.807) is 11.3 Å². The molecule has 18 heavy (non-hydrogen) atoms. The summed E-state index contributed by atoms with van der Waals surface area (Å²) in [6.45, 7) is 4.66. The second-order valence-electron chi connectivity index (χ2n) is 4.40. The van der Waals surface area contributed by atoms with Gasteiger partial charge < -0.3 is 11.1 Å². The van der Waals surface area contributed by atoms with Gasteiger partial charge in [-0.2, -0.15) is 0 Å². The van der Waals surface area contributed by atoms with Crippen LogP contribution in [0.4, 0.5) is 0 Å². The summed E-state index contributed by atoms with van der Waals surface area (Å²) in [5, 5.41) is 3.96. The summed E-state index contributed by atoms with van der Waals surface area (Å²) < 4.78 is 0. The maximum Gasteiger partial charge on any atom is 0.240 e. The van der Waals surface area contributed by atoms with Crippen molar-refractivity contribution >= 4 is 42.1 Å². The van der Waals surface area contributed by atoms with Crippen molar-refractivity contribution in [2.45, 2.75) is 38.6 Å². The van der Waals surface area contributed by atoms with Crippen LogP contribution in [-0.2, 0) is 11.2 Å². The van der Waals surface area contributed by atoms with Gasteiger partial charge in [0.15, 0.2) is 0 Å². The quantitative estimate of drug-likeness (QED) is 0.890. The summed E-state index contributed by atoms with van der Waals surface area (Å²) in [6.07, 6.45) is 2.48. The molecule has 1 aromatic rings. The Bertz CT molecular complexity index is 418. The van der Waals surface area contributed by atoms with E-state index >= 15 is 0 Å². The molecule has 0 spiro atoms. The monoisotopic (exact) mass is 311 g/mol. The molecule has 0 aliphatic heterocycles. The Morgan fingerprint density at radius 1 is 1.44 bits per heavy atom. The van der Waals surface area contributed by atoms with Crippen LogP contribution in [0.3, 0.4) is 0 Å². The van der Waals surface area contributed by atoms with Crippen LogP contribution in [0.5, 0.6) is 0 Å². The minimum Gasteiger partial charge on any atom is -0.354 e. The second-order valence-corrected chi connectivity index (χ2v) is 5.69. The smallest absolute Gasteiger partial charge is 0.240 e. The summed E-state index contributed by atoms with van der Waals surface area (Å²) in [7, 11) is 0. The number of carbonyl (C=O) groups excluding carboxylic acids is 1. The molecular formula is C11H19Cl2N3OS. The Hall–Kier alpha value is -0.360. The average Bonchev–Trinajstić information content (AvgIpc) is 2.88. The highest BCUT2D eigenvalue weighted by Crippen LogP contribution is 2.32. The molecule has 1 aliphatic rings. The first-order chi connectivity index (χ1) is 7.51. The normalized spacial score (nSPS) is 15.3. The molecule has 1 aromatic heterocycles. The molecule has 0 aromatic carbocycles. The summed E-state index contributed by atoms with van der Waals surface area (Å²) >= 11 is 1.70. The largest absolute Gasteiger partial charge is 0.354 e. The fourth-order valence-electron chi connectivity index (χ4n) is 1.63. The highest BCUT2D eigenvalue weighted by molar-refractivity contribution is 7.11. The van der Waals surface area contributed by atoms with Crippen molar-refractivity contribution in [1.82, 2.24) is 10.3 Å². The first-order valence-corrected chi connectivity index (χ1v) is 6.33. The Labute approximate surface area is 124 Å². The Balaban J connectivity index is 0.00000144. The molecular weight excluding hydrogens is 293 g/mol. The van der Waals surface area contributed by atoms with Crippen molar-refractivity contribution < 1.29 is 4.79 Å². The van der Waals surface area contributed by atoms with Crippen molar-refractivity contribution in [3.63, 3.8) is 0 Å². The molecule has 0 radical (unpaired) electrons. The van der Waals surface area contributed by atoms with Crippen LogP contribution in [-0.4, -0.2) is 23.0 Å². The molecule has 3 N–H and O–H groups in total. The number of hydrogen-bond acceptors (Lipinski definition) is 4. The van der Waals surface area contributed by atoms with Gasteiger partial charge in [-0.25, -0.2) is 4.98 Å². The number of halogens is 2. The number of carbonyl (C=O) groups is 1.